The van der Waals surface area contributed by atoms with Crippen molar-refractivity contribution in [2.24, 2.45) is 0 Å². The van der Waals surface area contributed by atoms with Crippen LogP contribution < -0.4 is 5.32 Å². The summed E-state index contributed by atoms with van der Waals surface area (Å²) in [6.45, 7) is 0. The van der Waals surface area contributed by atoms with Crippen LogP contribution in [0, 0.1) is 0 Å². The molecule has 1 aliphatic carbocycles. The minimum atomic E-state index is -0.546. The van der Waals surface area contributed by atoms with Crippen LogP contribution in [0.4, 0.5) is 5.69 Å². The molecular weight excluding hydrogens is 352 g/mol. The minimum absolute atomic E-state index is 0.139. The van der Waals surface area contributed by atoms with E-state index in [-0.39, 0.29) is 17.2 Å². The molecule has 28 heavy (non-hydrogen) atoms. The van der Waals surface area contributed by atoms with Gasteiger partial charge in [-0.15, -0.1) is 0 Å². The summed E-state index contributed by atoms with van der Waals surface area (Å²) < 4.78 is 1.39. The molecule has 3 aromatic rings. The zero-order valence-electron chi connectivity index (χ0n) is 15.6. The molecule has 1 amide bonds. The lowest BCUT2D eigenvalue weighted by atomic mass is 9.84. The lowest BCUT2D eigenvalue weighted by molar-refractivity contribution is 0.102. The maximum atomic E-state index is 12.6. The number of aromatic nitrogens is 1. The molecule has 1 saturated carbocycles. The monoisotopic (exact) mass is 376 g/mol. The van der Waals surface area contributed by atoms with Crippen molar-refractivity contribution in [1.82, 2.24) is 4.57 Å². The second-order valence-corrected chi connectivity index (χ2v) is 7.33. The van der Waals surface area contributed by atoms with Crippen molar-refractivity contribution in [3.05, 3.63) is 71.9 Å². The van der Waals surface area contributed by atoms with Gasteiger partial charge in [0.2, 0.25) is 5.88 Å². The molecule has 2 aromatic carbocycles. The molecule has 0 atom stereocenters. The minimum Gasteiger partial charge on any atom is -0.505 e. The number of hydrogen-bond acceptors (Lipinski definition) is 3. The van der Waals surface area contributed by atoms with Gasteiger partial charge in [0.15, 0.2) is 0 Å². The van der Waals surface area contributed by atoms with Crippen LogP contribution >= 0.6 is 0 Å². The number of amides is 1. The number of carbonyl (C=O) groups is 1. The third-order valence-corrected chi connectivity index (χ3v) is 5.47. The number of hydrogen-bond donors (Lipinski definition) is 3. The molecule has 1 heterocycles. The van der Waals surface area contributed by atoms with Gasteiger partial charge in [0, 0.05) is 11.4 Å². The quantitative estimate of drug-likeness (QED) is 0.587. The van der Waals surface area contributed by atoms with Crippen LogP contribution in [0.1, 0.15) is 53.9 Å². The summed E-state index contributed by atoms with van der Waals surface area (Å²) in [6, 6.07) is 16.9. The molecule has 1 aliphatic rings. The van der Waals surface area contributed by atoms with Crippen LogP contribution in [0.3, 0.4) is 0 Å². The van der Waals surface area contributed by atoms with E-state index < -0.39 is 5.91 Å². The molecule has 0 bridgehead atoms. The maximum Gasteiger partial charge on any atom is 0.264 e. The standard InChI is InChI=1S/C23H24N2O3/c26-20-15-25(19-9-5-2-6-10-19)23(28)21(20)22(27)24-18-13-11-17(12-14-18)16-7-3-1-4-8-16/h2,5-6,9-16,26,28H,1,3-4,7-8H2,(H,24,27). The van der Waals surface area contributed by atoms with Gasteiger partial charge >= 0.3 is 0 Å². The Morgan fingerprint density at radius 1 is 0.929 bits per heavy atom. The molecule has 1 fully saturated rings. The number of carbonyl (C=O) groups excluding carboxylic acids is 1. The van der Waals surface area contributed by atoms with Gasteiger partial charge < -0.3 is 15.5 Å². The fourth-order valence-electron chi connectivity index (χ4n) is 3.95. The van der Waals surface area contributed by atoms with E-state index in [4.69, 9.17) is 0 Å². The zero-order valence-corrected chi connectivity index (χ0v) is 15.6. The zero-order chi connectivity index (χ0) is 19.5. The van der Waals surface area contributed by atoms with E-state index in [2.05, 4.69) is 17.4 Å². The Morgan fingerprint density at radius 2 is 1.61 bits per heavy atom. The highest BCUT2D eigenvalue weighted by Gasteiger charge is 2.23. The maximum absolute atomic E-state index is 12.6. The Morgan fingerprint density at radius 3 is 2.29 bits per heavy atom. The second kappa shape index (κ2) is 7.80. The molecule has 5 heteroatoms. The SMILES string of the molecule is O=C(Nc1ccc(C2CCCCC2)cc1)c1c(O)cn(-c2ccccc2)c1O. The lowest BCUT2D eigenvalue weighted by Gasteiger charge is -2.22. The summed E-state index contributed by atoms with van der Waals surface area (Å²) >= 11 is 0. The molecule has 0 spiro atoms. The predicted molar refractivity (Wildman–Crippen MR) is 109 cm³/mol. The number of aromatic hydroxyl groups is 2. The topological polar surface area (TPSA) is 74.5 Å². The first kappa shape index (κ1) is 18.2. The normalized spacial score (nSPS) is 14.7. The Kier molecular flexibility index (Phi) is 5.06. The Balaban J connectivity index is 1.52. The van der Waals surface area contributed by atoms with E-state index in [9.17, 15) is 15.0 Å². The second-order valence-electron chi connectivity index (χ2n) is 7.33. The first-order valence-corrected chi connectivity index (χ1v) is 9.73. The third kappa shape index (κ3) is 3.60. The van der Waals surface area contributed by atoms with E-state index in [0.29, 0.717) is 17.3 Å². The molecule has 3 N–H and O–H groups in total. The first-order chi connectivity index (χ1) is 13.6. The van der Waals surface area contributed by atoms with Gasteiger partial charge in [-0.3, -0.25) is 9.36 Å². The summed E-state index contributed by atoms with van der Waals surface area (Å²) in [6.07, 6.45) is 7.66. The fraction of sp³-hybridized carbons (Fsp3) is 0.261. The number of para-hydroxylation sites is 1. The van der Waals surface area contributed by atoms with Gasteiger partial charge in [0.25, 0.3) is 5.91 Å². The third-order valence-electron chi connectivity index (χ3n) is 5.47. The van der Waals surface area contributed by atoms with Gasteiger partial charge in [-0.2, -0.15) is 0 Å². The summed E-state index contributed by atoms with van der Waals surface area (Å²) in [4.78, 5) is 12.6. The molecule has 5 nitrogen and oxygen atoms in total. The van der Waals surface area contributed by atoms with Crippen molar-refractivity contribution < 1.29 is 15.0 Å². The average molecular weight is 376 g/mol. The molecule has 144 valence electrons. The van der Waals surface area contributed by atoms with Crippen molar-refractivity contribution in [3.63, 3.8) is 0 Å². The van der Waals surface area contributed by atoms with Crippen LogP contribution in [-0.2, 0) is 0 Å². The highest BCUT2D eigenvalue weighted by molar-refractivity contribution is 6.08. The first-order valence-electron chi connectivity index (χ1n) is 9.73. The average Bonchev–Trinajstić information content (AvgIpc) is 3.04. The molecule has 0 aliphatic heterocycles. The van der Waals surface area contributed by atoms with Crippen molar-refractivity contribution in [3.8, 4) is 17.3 Å². The molecule has 1 aromatic heterocycles. The van der Waals surface area contributed by atoms with Crippen LogP contribution in [0.15, 0.2) is 60.8 Å². The largest absolute Gasteiger partial charge is 0.505 e. The number of anilines is 1. The summed E-state index contributed by atoms with van der Waals surface area (Å²) in [5.74, 6) is -0.501. The van der Waals surface area contributed by atoms with E-state index in [1.807, 2.05) is 30.3 Å². The number of nitrogens with one attached hydrogen (secondary N) is 1. The van der Waals surface area contributed by atoms with Crippen molar-refractivity contribution in [2.45, 2.75) is 38.0 Å². The van der Waals surface area contributed by atoms with Crippen LogP contribution in [0.5, 0.6) is 11.6 Å². The number of rotatable bonds is 4. The lowest BCUT2D eigenvalue weighted by Crippen LogP contribution is -2.12. The number of nitrogens with zero attached hydrogens (tertiary/aromatic N) is 1. The Bertz CT molecular complexity index is 956. The van der Waals surface area contributed by atoms with Gasteiger partial charge in [-0.05, 0) is 48.6 Å². The number of benzene rings is 2. The van der Waals surface area contributed by atoms with Crippen LogP contribution in [0.25, 0.3) is 5.69 Å². The van der Waals surface area contributed by atoms with Gasteiger partial charge in [-0.1, -0.05) is 49.6 Å². The summed E-state index contributed by atoms with van der Waals surface area (Å²) in [5, 5.41) is 23.4. The highest BCUT2D eigenvalue weighted by Crippen LogP contribution is 2.34. The Labute approximate surface area is 164 Å². The van der Waals surface area contributed by atoms with E-state index in [1.54, 1.807) is 12.1 Å². The Hall–Kier alpha value is -3.21. The van der Waals surface area contributed by atoms with Crippen molar-refractivity contribution in [2.75, 3.05) is 5.32 Å². The summed E-state index contributed by atoms with van der Waals surface area (Å²) in [5.41, 5.74) is 2.46. The van der Waals surface area contributed by atoms with E-state index in [0.717, 1.165) is 0 Å². The van der Waals surface area contributed by atoms with Crippen molar-refractivity contribution in [1.29, 1.82) is 0 Å². The van der Waals surface area contributed by atoms with Crippen molar-refractivity contribution >= 4 is 11.6 Å². The van der Waals surface area contributed by atoms with Crippen LogP contribution in [0.2, 0.25) is 0 Å². The van der Waals surface area contributed by atoms with Crippen LogP contribution in [-0.4, -0.2) is 20.7 Å². The molecule has 0 saturated heterocycles. The smallest absolute Gasteiger partial charge is 0.264 e. The van der Waals surface area contributed by atoms with Gasteiger partial charge in [0.1, 0.15) is 11.3 Å². The molecule has 4 rings (SSSR count). The highest BCUT2D eigenvalue weighted by atomic mass is 16.3. The predicted octanol–water partition coefficient (Wildman–Crippen LogP) is 5.19. The van der Waals surface area contributed by atoms with E-state index in [1.165, 1.54) is 48.4 Å². The van der Waals surface area contributed by atoms with E-state index >= 15 is 0 Å². The van der Waals surface area contributed by atoms with Gasteiger partial charge in [-0.25, -0.2) is 0 Å². The van der Waals surface area contributed by atoms with Gasteiger partial charge in [0.05, 0.1) is 6.20 Å². The molecule has 0 radical (unpaired) electrons. The summed E-state index contributed by atoms with van der Waals surface area (Å²) in [7, 11) is 0. The molecular formula is C23H24N2O3. The fourth-order valence-corrected chi connectivity index (χ4v) is 3.95. The molecule has 0 unspecified atom stereocenters.